The van der Waals surface area contributed by atoms with E-state index in [1.165, 1.54) is 0 Å². The molecule has 1 fully saturated rings. The molecule has 2 atom stereocenters. The van der Waals surface area contributed by atoms with E-state index in [9.17, 15) is 0 Å². The Morgan fingerprint density at radius 2 is 2.41 bits per heavy atom. The topological polar surface area (TPSA) is 47.0 Å². The van der Waals surface area contributed by atoms with Gasteiger partial charge >= 0.3 is 0 Å². The lowest BCUT2D eigenvalue weighted by Crippen LogP contribution is -2.13. The first-order valence-corrected chi connectivity index (χ1v) is 7.95. The van der Waals surface area contributed by atoms with E-state index in [1.807, 2.05) is 11.8 Å². The second-order valence-electron chi connectivity index (χ2n) is 4.14. The number of rotatable bonds is 6. The second-order valence-corrected chi connectivity index (χ2v) is 6.43. The number of ether oxygens (including phenoxy) is 1. The molecule has 0 spiro atoms. The third-order valence-corrected chi connectivity index (χ3v) is 5.27. The molecule has 0 radical (unpaired) electrons. The number of anilines is 1. The van der Waals surface area contributed by atoms with Crippen LogP contribution in [0.1, 0.15) is 31.7 Å². The van der Waals surface area contributed by atoms with Gasteiger partial charge in [0.05, 0.1) is 6.10 Å². The van der Waals surface area contributed by atoms with Crippen molar-refractivity contribution < 1.29 is 4.74 Å². The highest BCUT2D eigenvalue weighted by molar-refractivity contribution is 7.99. The van der Waals surface area contributed by atoms with E-state index in [1.54, 1.807) is 11.3 Å². The van der Waals surface area contributed by atoms with Crippen LogP contribution in [0.15, 0.2) is 0 Å². The molecule has 1 aliphatic rings. The van der Waals surface area contributed by atoms with Crippen molar-refractivity contribution in [3.63, 3.8) is 0 Å². The van der Waals surface area contributed by atoms with E-state index < -0.39 is 0 Å². The van der Waals surface area contributed by atoms with Crippen molar-refractivity contribution in [1.29, 1.82) is 0 Å². The Morgan fingerprint density at radius 3 is 3.12 bits per heavy atom. The van der Waals surface area contributed by atoms with Crippen LogP contribution in [0.3, 0.4) is 0 Å². The van der Waals surface area contributed by atoms with Crippen molar-refractivity contribution in [3.05, 3.63) is 5.01 Å². The molecule has 0 bridgehead atoms. The zero-order chi connectivity index (χ0) is 12.1. The zero-order valence-corrected chi connectivity index (χ0v) is 11.9. The van der Waals surface area contributed by atoms with Crippen LogP contribution in [0, 0.1) is 0 Å². The molecule has 0 saturated carbocycles. The molecule has 1 aliphatic heterocycles. The van der Waals surface area contributed by atoms with E-state index in [2.05, 4.69) is 29.4 Å². The smallest absolute Gasteiger partial charge is 0.205 e. The number of aromatic nitrogens is 2. The maximum Gasteiger partial charge on any atom is 0.205 e. The Bertz CT molecular complexity index is 345. The van der Waals surface area contributed by atoms with Crippen LogP contribution in [0.2, 0.25) is 0 Å². The predicted octanol–water partition coefficient (Wildman–Crippen LogP) is 2.77. The van der Waals surface area contributed by atoms with Crippen molar-refractivity contribution in [2.45, 2.75) is 43.8 Å². The van der Waals surface area contributed by atoms with E-state index in [0.717, 1.165) is 41.9 Å². The highest BCUT2D eigenvalue weighted by Crippen LogP contribution is 2.30. The fourth-order valence-electron chi connectivity index (χ4n) is 1.72. The van der Waals surface area contributed by atoms with E-state index in [-0.39, 0.29) is 0 Å². The Morgan fingerprint density at radius 1 is 1.53 bits per heavy atom. The third-order valence-electron chi connectivity index (χ3n) is 2.72. The van der Waals surface area contributed by atoms with Crippen LogP contribution in [0.25, 0.3) is 0 Å². The minimum Gasteiger partial charge on any atom is -0.377 e. The first kappa shape index (κ1) is 13.1. The molecule has 0 aromatic carbocycles. The van der Waals surface area contributed by atoms with Gasteiger partial charge in [0.1, 0.15) is 5.01 Å². The van der Waals surface area contributed by atoms with E-state index >= 15 is 0 Å². The first-order valence-electron chi connectivity index (χ1n) is 6.09. The van der Waals surface area contributed by atoms with Gasteiger partial charge in [0, 0.05) is 24.2 Å². The quantitative estimate of drug-likeness (QED) is 0.863. The van der Waals surface area contributed by atoms with Gasteiger partial charge in [0.15, 0.2) is 0 Å². The summed E-state index contributed by atoms with van der Waals surface area (Å²) in [5.41, 5.74) is 0. The molecular formula is C11H19N3OS2. The summed E-state index contributed by atoms with van der Waals surface area (Å²) in [7, 11) is 0. The minimum atomic E-state index is 0.380. The van der Waals surface area contributed by atoms with Gasteiger partial charge in [0.25, 0.3) is 0 Å². The van der Waals surface area contributed by atoms with Crippen molar-refractivity contribution >= 4 is 28.2 Å². The zero-order valence-electron chi connectivity index (χ0n) is 10.3. The average molecular weight is 273 g/mol. The number of nitrogens with zero attached hydrogens (tertiary/aromatic N) is 2. The summed E-state index contributed by atoms with van der Waals surface area (Å²) < 4.78 is 5.55. The summed E-state index contributed by atoms with van der Waals surface area (Å²) in [6, 6.07) is 0. The van der Waals surface area contributed by atoms with Gasteiger partial charge in [-0.2, -0.15) is 0 Å². The Kier molecular flexibility index (Phi) is 5.06. The number of hydrogen-bond donors (Lipinski definition) is 1. The van der Waals surface area contributed by atoms with Crippen LogP contribution in [0.4, 0.5) is 5.13 Å². The second kappa shape index (κ2) is 6.56. The van der Waals surface area contributed by atoms with Crippen LogP contribution in [0.5, 0.6) is 0 Å². The molecule has 0 aliphatic carbocycles. The maximum absolute atomic E-state index is 5.55. The summed E-state index contributed by atoms with van der Waals surface area (Å²) >= 11 is 3.60. The van der Waals surface area contributed by atoms with Crippen molar-refractivity contribution in [2.75, 3.05) is 18.5 Å². The molecule has 2 unspecified atom stereocenters. The predicted molar refractivity (Wildman–Crippen MR) is 73.8 cm³/mol. The largest absolute Gasteiger partial charge is 0.377 e. The molecule has 0 amide bonds. The third kappa shape index (κ3) is 3.82. The normalized spacial score (nSPS) is 24.1. The molecule has 1 aromatic heterocycles. The molecule has 2 rings (SSSR count). The van der Waals surface area contributed by atoms with Crippen LogP contribution in [-0.4, -0.2) is 34.7 Å². The van der Waals surface area contributed by atoms with E-state index in [0.29, 0.717) is 11.4 Å². The Balaban J connectivity index is 1.76. The Labute approximate surface area is 111 Å². The lowest BCUT2D eigenvalue weighted by molar-refractivity contribution is 0.127. The summed E-state index contributed by atoms with van der Waals surface area (Å²) in [6.45, 7) is 6.17. The van der Waals surface area contributed by atoms with Gasteiger partial charge in [-0.1, -0.05) is 18.3 Å². The van der Waals surface area contributed by atoms with Crippen LogP contribution < -0.4 is 5.32 Å². The molecule has 6 heteroatoms. The number of hydrogen-bond acceptors (Lipinski definition) is 6. The summed E-state index contributed by atoms with van der Waals surface area (Å²) in [5.74, 6) is 0.948. The average Bonchev–Trinajstić information content (AvgIpc) is 2.93. The summed E-state index contributed by atoms with van der Waals surface area (Å²) in [4.78, 5) is 0. The molecule has 1 saturated heterocycles. The fraction of sp³-hybridized carbons (Fsp3) is 0.818. The molecule has 1 N–H and O–H groups in total. The van der Waals surface area contributed by atoms with E-state index in [4.69, 9.17) is 4.74 Å². The fourth-order valence-corrected chi connectivity index (χ4v) is 3.75. The number of thioether (sulfide) groups is 1. The molecule has 4 nitrogen and oxygen atoms in total. The molecule has 2 heterocycles. The van der Waals surface area contributed by atoms with Crippen molar-refractivity contribution in [3.8, 4) is 0 Å². The Hall–Kier alpha value is -0.330. The van der Waals surface area contributed by atoms with Gasteiger partial charge in [-0.05, 0) is 19.8 Å². The molecular weight excluding hydrogens is 254 g/mol. The van der Waals surface area contributed by atoms with Gasteiger partial charge in [-0.25, -0.2) is 0 Å². The lowest BCUT2D eigenvalue weighted by atomic mass is 10.3. The standard InChI is InChI=1S/C11H19N3OS2/c1-3-5-12-11-14-13-10(17-11)7-16-9-4-6-15-8(9)2/h8-9H,3-7H2,1-2H3,(H,12,14). The van der Waals surface area contributed by atoms with Gasteiger partial charge in [-0.15, -0.1) is 22.0 Å². The van der Waals surface area contributed by atoms with Crippen LogP contribution >= 0.6 is 23.1 Å². The SMILES string of the molecule is CCCNc1nnc(CSC2CCOC2C)s1. The van der Waals surface area contributed by atoms with Crippen molar-refractivity contribution in [2.24, 2.45) is 0 Å². The highest BCUT2D eigenvalue weighted by atomic mass is 32.2. The van der Waals surface area contributed by atoms with Crippen molar-refractivity contribution in [1.82, 2.24) is 10.2 Å². The minimum absolute atomic E-state index is 0.380. The first-order chi connectivity index (χ1) is 8.29. The lowest BCUT2D eigenvalue weighted by Gasteiger charge is -2.11. The monoisotopic (exact) mass is 273 g/mol. The maximum atomic E-state index is 5.55. The highest BCUT2D eigenvalue weighted by Gasteiger charge is 2.24. The molecule has 17 heavy (non-hydrogen) atoms. The summed E-state index contributed by atoms with van der Waals surface area (Å²) in [5, 5.41) is 14.3. The molecule has 96 valence electrons. The van der Waals surface area contributed by atoms with Gasteiger partial charge in [0.2, 0.25) is 5.13 Å². The van der Waals surface area contributed by atoms with Gasteiger partial charge < -0.3 is 10.1 Å². The summed E-state index contributed by atoms with van der Waals surface area (Å²) in [6.07, 6.45) is 2.65. The van der Waals surface area contributed by atoms with Gasteiger partial charge in [-0.3, -0.25) is 0 Å². The van der Waals surface area contributed by atoms with Crippen LogP contribution in [-0.2, 0) is 10.5 Å². The number of nitrogens with one attached hydrogen (secondary N) is 1. The molecule has 1 aromatic rings.